The number of nitrogens with zero attached hydrogens (tertiary/aromatic N) is 2. The predicted molar refractivity (Wildman–Crippen MR) is 132 cm³/mol. The molecule has 8 heteroatoms. The molecule has 0 unspecified atom stereocenters. The van der Waals surface area contributed by atoms with E-state index in [0.717, 1.165) is 39.1 Å². The van der Waals surface area contributed by atoms with Gasteiger partial charge in [0.1, 0.15) is 0 Å². The molecule has 0 spiro atoms. The van der Waals surface area contributed by atoms with Crippen molar-refractivity contribution in [2.75, 3.05) is 63.5 Å². The van der Waals surface area contributed by atoms with Crippen LogP contribution in [-0.4, -0.2) is 62.7 Å². The van der Waals surface area contributed by atoms with E-state index in [1.807, 2.05) is 27.8 Å². The van der Waals surface area contributed by atoms with E-state index in [4.69, 9.17) is 0 Å². The third-order valence-corrected chi connectivity index (χ3v) is 6.08. The molecule has 0 saturated carbocycles. The standard InChI is InChI=1S/C24H38N4O4/c1-7-27(6)14-11-25-18-16(20(29)22(18)31)10-9-13-28(8-2)15-12-26-19-17(24(3,4)5)21(30)23(19)32/h25-26H,7-15H2,1-6H3. The van der Waals surface area contributed by atoms with Gasteiger partial charge in [-0.1, -0.05) is 34.6 Å². The first kappa shape index (κ1) is 25.9. The van der Waals surface area contributed by atoms with Gasteiger partial charge in [-0.15, -0.1) is 0 Å². The first-order chi connectivity index (χ1) is 15.0. The molecule has 0 saturated heterocycles. The van der Waals surface area contributed by atoms with Crippen LogP contribution in [0.15, 0.2) is 19.2 Å². The molecule has 178 valence electrons. The van der Waals surface area contributed by atoms with Crippen LogP contribution in [0.5, 0.6) is 0 Å². The second-order valence-corrected chi connectivity index (χ2v) is 9.46. The fourth-order valence-corrected chi connectivity index (χ4v) is 3.92. The van der Waals surface area contributed by atoms with Gasteiger partial charge in [-0.05, 0) is 44.9 Å². The Bertz CT molecular complexity index is 1040. The summed E-state index contributed by atoms with van der Waals surface area (Å²) in [4.78, 5) is 52.0. The number of nitrogens with one attached hydrogen (secondary N) is 2. The van der Waals surface area contributed by atoms with Crippen molar-refractivity contribution >= 4 is 11.4 Å². The third kappa shape index (κ3) is 5.92. The summed E-state index contributed by atoms with van der Waals surface area (Å²) < 4.78 is 0. The molecule has 0 aliphatic rings. The molecule has 0 aliphatic heterocycles. The predicted octanol–water partition coefficient (Wildman–Crippen LogP) is 0.906. The summed E-state index contributed by atoms with van der Waals surface area (Å²) in [7, 11) is 2.01. The quantitative estimate of drug-likeness (QED) is 0.413. The van der Waals surface area contributed by atoms with Crippen LogP contribution < -0.4 is 32.3 Å². The van der Waals surface area contributed by atoms with Crippen molar-refractivity contribution in [3.63, 3.8) is 0 Å². The molecule has 2 rings (SSSR count). The van der Waals surface area contributed by atoms with Gasteiger partial charge in [0.25, 0.3) is 0 Å². The van der Waals surface area contributed by atoms with Gasteiger partial charge >= 0.3 is 0 Å². The molecule has 2 N–H and O–H groups in total. The van der Waals surface area contributed by atoms with Crippen LogP contribution in [0.2, 0.25) is 0 Å². The lowest BCUT2D eigenvalue weighted by molar-refractivity contribution is 0.295. The summed E-state index contributed by atoms with van der Waals surface area (Å²) in [5.74, 6) is 0. The summed E-state index contributed by atoms with van der Waals surface area (Å²) in [6.07, 6.45) is 1.35. The van der Waals surface area contributed by atoms with E-state index in [1.54, 1.807) is 0 Å². The maximum absolute atomic E-state index is 12.0. The summed E-state index contributed by atoms with van der Waals surface area (Å²) in [6.45, 7) is 15.2. The van der Waals surface area contributed by atoms with Crippen molar-refractivity contribution in [3.8, 4) is 0 Å². The molecular formula is C24H38N4O4. The summed E-state index contributed by atoms with van der Waals surface area (Å²) in [5, 5.41) is 6.27. The number of hydrogen-bond donors (Lipinski definition) is 2. The zero-order chi connectivity index (χ0) is 24.1. The van der Waals surface area contributed by atoms with E-state index >= 15 is 0 Å². The Labute approximate surface area is 190 Å². The van der Waals surface area contributed by atoms with Gasteiger partial charge < -0.3 is 20.4 Å². The molecule has 0 fully saturated rings. The number of likely N-dealkylation sites (N-methyl/N-ethyl adjacent to an activating group) is 2. The fourth-order valence-electron chi connectivity index (χ4n) is 3.92. The highest BCUT2D eigenvalue weighted by Gasteiger charge is 2.30. The van der Waals surface area contributed by atoms with Gasteiger partial charge in [-0.2, -0.15) is 0 Å². The molecule has 8 nitrogen and oxygen atoms in total. The second kappa shape index (κ2) is 11.0. The zero-order valence-corrected chi connectivity index (χ0v) is 20.4. The van der Waals surface area contributed by atoms with Gasteiger partial charge in [0, 0.05) is 37.3 Å². The maximum Gasteiger partial charge on any atom is 0.249 e. The average Bonchev–Trinajstić information content (AvgIpc) is 2.76. The van der Waals surface area contributed by atoms with Gasteiger partial charge in [-0.3, -0.25) is 19.2 Å². The number of anilines is 2. The fraction of sp³-hybridized carbons (Fsp3) is 0.667. The molecule has 0 aliphatic carbocycles. The molecular weight excluding hydrogens is 408 g/mol. The summed E-state index contributed by atoms with van der Waals surface area (Å²) >= 11 is 0. The van der Waals surface area contributed by atoms with Gasteiger partial charge in [0.15, 0.2) is 0 Å². The van der Waals surface area contributed by atoms with Crippen molar-refractivity contribution in [2.45, 2.75) is 52.9 Å². The van der Waals surface area contributed by atoms with Crippen LogP contribution in [0.25, 0.3) is 0 Å². The highest BCUT2D eigenvalue weighted by atomic mass is 16.2. The highest BCUT2D eigenvalue weighted by molar-refractivity contribution is 5.59. The lowest BCUT2D eigenvalue weighted by Gasteiger charge is -2.25. The molecule has 0 atom stereocenters. The molecule has 0 heterocycles. The van der Waals surface area contributed by atoms with E-state index in [1.165, 1.54) is 0 Å². The minimum absolute atomic E-state index is 0.351. The Morgan fingerprint density at radius 3 is 1.94 bits per heavy atom. The van der Waals surface area contributed by atoms with E-state index in [2.05, 4.69) is 34.3 Å². The highest BCUT2D eigenvalue weighted by Crippen LogP contribution is 2.25. The van der Waals surface area contributed by atoms with E-state index < -0.39 is 10.9 Å². The maximum atomic E-state index is 12.0. The Hall–Kier alpha value is -2.32. The molecule has 0 radical (unpaired) electrons. The first-order valence-corrected chi connectivity index (χ1v) is 11.6. The molecule has 0 amide bonds. The monoisotopic (exact) mass is 446 g/mol. The van der Waals surface area contributed by atoms with Gasteiger partial charge in [0.2, 0.25) is 21.7 Å². The van der Waals surface area contributed by atoms with Gasteiger partial charge in [-0.25, -0.2) is 0 Å². The molecule has 32 heavy (non-hydrogen) atoms. The topological polar surface area (TPSA) is 98.8 Å². The lowest BCUT2D eigenvalue weighted by Crippen LogP contribution is -2.44. The number of rotatable bonds is 14. The van der Waals surface area contributed by atoms with Crippen LogP contribution in [-0.2, 0) is 11.8 Å². The van der Waals surface area contributed by atoms with Crippen LogP contribution in [0, 0.1) is 0 Å². The summed E-state index contributed by atoms with van der Waals surface area (Å²) in [5.41, 5.74) is 0.197. The van der Waals surface area contributed by atoms with Crippen molar-refractivity contribution in [2.24, 2.45) is 0 Å². The second-order valence-electron chi connectivity index (χ2n) is 9.46. The molecule has 2 aromatic rings. The Kier molecular flexibility index (Phi) is 8.92. The Morgan fingerprint density at radius 1 is 0.750 bits per heavy atom. The van der Waals surface area contributed by atoms with E-state index in [9.17, 15) is 19.2 Å². The Morgan fingerprint density at radius 2 is 1.34 bits per heavy atom. The first-order valence-electron chi connectivity index (χ1n) is 11.6. The Balaban J connectivity index is 1.81. The van der Waals surface area contributed by atoms with Crippen LogP contribution in [0.3, 0.4) is 0 Å². The van der Waals surface area contributed by atoms with Crippen molar-refractivity contribution in [1.29, 1.82) is 0 Å². The minimum atomic E-state index is -0.428. The van der Waals surface area contributed by atoms with Crippen molar-refractivity contribution in [1.82, 2.24) is 9.80 Å². The van der Waals surface area contributed by atoms with Crippen molar-refractivity contribution in [3.05, 3.63) is 52.0 Å². The zero-order valence-electron chi connectivity index (χ0n) is 20.4. The van der Waals surface area contributed by atoms with E-state index in [-0.39, 0.29) is 16.3 Å². The van der Waals surface area contributed by atoms with Crippen LogP contribution in [0.4, 0.5) is 11.4 Å². The summed E-state index contributed by atoms with van der Waals surface area (Å²) in [6, 6.07) is 0. The largest absolute Gasteiger partial charge is 0.380 e. The SMILES string of the molecule is CCN(C)CCNc1c(CCCN(CC)CCNc2c(C(C)(C)C)c(=O)c2=O)c(=O)c1=O. The van der Waals surface area contributed by atoms with E-state index in [0.29, 0.717) is 42.0 Å². The number of hydrogen-bond acceptors (Lipinski definition) is 8. The van der Waals surface area contributed by atoms with Crippen molar-refractivity contribution < 1.29 is 0 Å². The molecule has 0 bridgehead atoms. The molecule has 0 aromatic heterocycles. The van der Waals surface area contributed by atoms with Gasteiger partial charge in [0.05, 0.1) is 11.4 Å². The molecule has 2 aromatic carbocycles. The normalized spacial score (nSPS) is 12.4. The third-order valence-electron chi connectivity index (χ3n) is 6.08. The average molecular weight is 447 g/mol. The smallest absolute Gasteiger partial charge is 0.249 e. The van der Waals surface area contributed by atoms with Crippen LogP contribution >= 0.6 is 0 Å². The lowest BCUT2D eigenvalue weighted by atomic mass is 9.82. The van der Waals surface area contributed by atoms with Crippen LogP contribution in [0.1, 0.15) is 52.2 Å². The minimum Gasteiger partial charge on any atom is -0.380 e.